The molecule has 21 nitrogen and oxygen atoms in total. The van der Waals surface area contributed by atoms with Gasteiger partial charge in [0.25, 0.3) is 0 Å². The van der Waals surface area contributed by atoms with E-state index in [0.717, 1.165) is 22.0 Å². The molecule has 9 amide bonds. The second kappa shape index (κ2) is 33.4. The molecule has 3 heterocycles. The zero-order valence-corrected chi connectivity index (χ0v) is 52.1. The van der Waals surface area contributed by atoms with Crippen LogP contribution in [-0.2, 0) is 65.6 Å². The van der Waals surface area contributed by atoms with Crippen LogP contribution in [0.5, 0.6) is 0 Å². The first-order valence-corrected chi connectivity index (χ1v) is 30.4. The Morgan fingerprint density at radius 2 is 1.46 bits per heavy atom. The van der Waals surface area contributed by atoms with Crippen molar-refractivity contribution in [2.75, 3.05) is 47.9 Å². The molecule has 10 atom stereocenters. The fraction of sp³-hybridized carbons (Fsp3) is 0.629. The fourth-order valence-electron chi connectivity index (χ4n) is 11.8. The van der Waals surface area contributed by atoms with Crippen LogP contribution in [0.2, 0.25) is 0 Å². The zero-order valence-electron chi connectivity index (χ0n) is 51.2. The molecule has 1 unspecified atom stereocenters. The quantitative estimate of drug-likeness (QED) is 0.0183. The fourth-order valence-corrected chi connectivity index (χ4v) is 12.1. The lowest BCUT2D eigenvalue weighted by molar-refractivity contribution is -0.148. The average Bonchev–Trinajstić information content (AvgIpc) is 3.56. The van der Waals surface area contributed by atoms with Crippen LogP contribution < -0.4 is 26.8 Å². The van der Waals surface area contributed by atoms with Crippen molar-refractivity contribution in [3.63, 3.8) is 0 Å². The van der Waals surface area contributed by atoms with Gasteiger partial charge in [-0.05, 0) is 80.6 Å². The van der Waals surface area contributed by atoms with Crippen molar-refractivity contribution in [2.24, 2.45) is 23.7 Å². The number of hydrazine groups is 1. The molecule has 0 aliphatic carbocycles. The maximum Gasteiger partial charge on any atom is 0.245 e. The van der Waals surface area contributed by atoms with Crippen LogP contribution in [0, 0.1) is 23.7 Å². The predicted molar refractivity (Wildman–Crippen MR) is 324 cm³/mol. The van der Waals surface area contributed by atoms with Gasteiger partial charge in [-0.2, -0.15) is 12.6 Å². The summed E-state index contributed by atoms with van der Waals surface area (Å²) in [6.45, 7) is 14.7. The Kier molecular flexibility index (Phi) is 27.2. The third-order valence-corrected chi connectivity index (χ3v) is 17.1. The lowest BCUT2D eigenvalue weighted by Gasteiger charge is -2.41. The molecule has 1 aromatic heterocycles. The third-order valence-electron chi connectivity index (χ3n) is 16.7. The number of likely N-dealkylation sites (tertiary alicyclic amines) is 2. The molecule has 22 heteroatoms. The number of fused-ring (bicyclic) bond motifs is 1. The number of likely N-dealkylation sites (N-methyl/N-ethyl adjacent to an activating group) is 2. The number of ether oxygens (including phenoxy) is 2. The van der Waals surface area contributed by atoms with Gasteiger partial charge in [0.2, 0.25) is 53.2 Å². The highest BCUT2D eigenvalue weighted by molar-refractivity contribution is 7.81. The number of amides is 9. The highest BCUT2D eigenvalue weighted by Gasteiger charge is 2.44. The number of hydrogen-bond acceptors (Lipinski definition) is 13. The summed E-state index contributed by atoms with van der Waals surface area (Å²) >= 11 is 4.14. The number of nitrogens with zero attached hydrogens (tertiary/aromatic N) is 4. The molecule has 0 bridgehead atoms. The summed E-state index contributed by atoms with van der Waals surface area (Å²) in [4.78, 5) is 131. The molecule has 6 N–H and O–H groups in total. The molecule has 2 aliphatic heterocycles. The van der Waals surface area contributed by atoms with Crippen LogP contribution in [0.25, 0.3) is 10.9 Å². The number of aromatic amines is 1. The number of methoxy groups -OCH3 is 2. The van der Waals surface area contributed by atoms with Crippen molar-refractivity contribution in [1.29, 1.82) is 0 Å². The number of nitrogens with one attached hydrogen (secondary N) is 6. The van der Waals surface area contributed by atoms with E-state index in [1.165, 1.54) is 19.1 Å². The molecule has 464 valence electrons. The Morgan fingerprint density at radius 1 is 0.798 bits per heavy atom. The molecule has 5 rings (SSSR count). The average molecular weight is 1190 g/mol. The smallest absolute Gasteiger partial charge is 0.245 e. The monoisotopic (exact) mass is 1190 g/mol. The van der Waals surface area contributed by atoms with Crippen molar-refractivity contribution < 1.29 is 52.6 Å². The second-order valence-electron chi connectivity index (χ2n) is 23.4. The number of benzene rings is 2. The largest absolute Gasteiger partial charge is 0.379 e. The first kappa shape index (κ1) is 68.4. The number of carbonyl (C=O) groups is 9. The minimum Gasteiger partial charge on any atom is -0.379 e. The van der Waals surface area contributed by atoms with Crippen LogP contribution in [0.1, 0.15) is 130 Å². The lowest BCUT2D eigenvalue weighted by atomic mass is 9.89. The summed E-state index contributed by atoms with van der Waals surface area (Å²) in [6.07, 6.45) is 4.87. The molecule has 2 aromatic carbocycles. The SMILES string of the molecule is CC[C@H](C)[C@@H]([C@@H](CC(=O)N1CCC[C@H]1[C@H](OC)[C@@H](C)C(=O)N[C@@H](Cc1c[nH]c2ccccc12)C(=O)NCc1ccccc1)OC)N(C)C(=O)[C@@H](NC(=O)[C@H](C(C)C)N(C)CCCC(=O)NNC(=O)CCCCCN1C(=O)CC(S)C1=O)C(C)C. The van der Waals surface area contributed by atoms with Crippen LogP contribution in [0.15, 0.2) is 60.8 Å². The molecular weight excluding hydrogens is 1090 g/mol. The molecule has 2 aliphatic rings. The summed E-state index contributed by atoms with van der Waals surface area (Å²) < 4.78 is 12.2. The number of para-hydroxylation sites is 1. The maximum absolute atomic E-state index is 14.8. The van der Waals surface area contributed by atoms with Gasteiger partial charge in [-0.1, -0.05) is 110 Å². The molecule has 3 aromatic rings. The number of rotatable bonds is 33. The molecular formula is C62H94N10O11S. The Bertz CT molecular complexity index is 2690. The van der Waals surface area contributed by atoms with E-state index in [9.17, 15) is 43.2 Å². The Hall–Kier alpha value is -6.36. The number of imide groups is 1. The van der Waals surface area contributed by atoms with E-state index in [1.54, 1.807) is 30.8 Å². The minimum atomic E-state index is -0.930. The Labute approximate surface area is 501 Å². The van der Waals surface area contributed by atoms with Crippen LogP contribution in [0.3, 0.4) is 0 Å². The van der Waals surface area contributed by atoms with Crippen molar-refractivity contribution in [2.45, 2.75) is 180 Å². The van der Waals surface area contributed by atoms with Gasteiger partial charge in [0.1, 0.15) is 12.1 Å². The van der Waals surface area contributed by atoms with E-state index in [0.29, 0.717) is 58.0 Å². The zero-order chi connectivity index (χ0) is 61.8. The van der Waals surface area contributed by atoms with Gasteiger partial charge in [0.15, 0.2) is 0 Å². The minimum absolute atomic E-state index is 0.0688. The maximum atomic E-state index is 14.8. The van der Waals surface area contributed by atoms with Crippen LogP contribution in [0.4, 0.5) is 0 Å². The highest BCUT2D eigenvalue weighted by atomic mass is 32.1. The van der Waals surface area contributed by atoms with Gasteiger partial charge >= 0.3 is 0 Å². The standard InChI is InChI=1S/C62H94N10O11S/c1-12-40(6)56(70(9)62(81)54(38(2)3)66-60(79)55(39(4)5)69(8)30-22-29-51(74)68-67-50(73)28-17-14-20-31-72-53(76)35-49(84)61(72)80)48(82-10)34-52(75)71-32-21-27-47(71)57(83-11)41(7)58(77)65-46(59(78)64-36-42-23-15-13-16-24-42)33-43-37-63-45-26-19-18-25-44(43)45/h13,15-16,18-19,23-26,37-41,46-49,54-57,63,84H,12,14,17,20-22,27-36H2,1-11H3,(H,64,78)(H,65,77)(H,66,79)(H,67,73)(H,68,74)/t40-,41+,46-,47-,48+,49?,54-,55-,56-,57+/m0/s1. The molecule has 2 saturated heterocycles. The van der Waals surface area contributed by atoms with Gasteiger partial charge in [0.05, 0.1) is 47.9 Å². The summed E-state index contributed by atoms with van der Waals surface area (Å²) in [5.74, 6) is -4.31. The van der Waals surface area contributed by atoms with E-state index in [2.05, 4.69) is 44.4 Å². The summed E-state index contributed by atoms with van der Waals surface area (Å²) in [5, 5.41) is 9.47. The highest BCUT2D eigenvalue weighted by Crippen LogP contribution is 2.30. The molecule has 84 heavy (non-hydrogen) atoms. The van der Waals surface area contributed by atoms with Crippen molar-refractivity contribution in [1.82, 2.24) is 51.4 Å². The normalized spacial score (nSPS) is 18.3. The van der Waals surface area contributed by atoms with E-state index in [-0.39, 0.29) is 104 Å². The third kappa shape index (κ3) is 18.8. The van der Waals surface area contributed by atoms with E-state index >= 15 is 0 Å². The number of thiol groups is 1. The molecule has 0 radical (unpaired) electrons. The summed E-state index contributed by atoms with van der Waals surface area (Å²) in [6, 6.07) is 13.8. The van der Waals surface area contributed by atoms with Crippen molar-refractivity contribution in [3.05, 3.63) is 71.9 Å². The van der Waals surface area contributed by atoms with Crippen molar-refractivity contribution in [3.8, 4) is 0 Å². The van der Waals surface area contributed by atoms with Gasteiger partial charge in [0, 0.05) is 83.7 Å². The van der Waals surface area contributed by atoms with Gasteiger partial charge in [-0.15, -0.1) is 0 Å². The van der Waals surface area contributed by atoms with Gasteiger partial charge < -0.3 is 40.2 Å². The topological polar surface area (TPSA) is 261 Å². The first-order valence-electron chi connectivity index (χ1n) is 29.9. The Balaban J connectivity index is 1.17. The first-order chi connectivity index (χ1) is 40.0. The van der Waals surface area contributed by atoms with Gasteiger partial charge in [-0.25, -0.2) is 0 Å². The number of aromatic nitrogens is 1. The van der Waals surface area contributed by atoms with E-state index in [4.69, 9.17) is 9.47 Å². The summed E-state index contributed by atoms with van der Waals surface area (Å²) in [7, 11) is 6.54. The van der Waals surface area contributed by atoms with E-state index < -0.39 is 65.4 Å². The number of H-pyrrole nitrogens is 1. The van der Waals surface area contributed by atoms with Crippen LogP contribution >= 0.6 is 12.6 Å². The molecule has 0 saturated carbocycles. The lowest BCUT2D eigenvalue weighted by Crippen LogP contribution is -2.60. The molecule has 0 spiro atoms. The van der Waals surface area contributed by atoms with Gasteiger partial charge in [-0.3, -0.25) is 63.8 Å². The van der Waals surface area contributed by atoms with Crippen molar-refractivity contribution >= 4 is 76.7 Å². The van der Waals surface area contributed by atoms with Crippen LogP contribution in [-0.4, -0.2) is 173 Å². The molecule has 2 fully saturated rings. The number of unbranched alkanes of at least 4 members (excludes halogenated alkanes) is 2. The second-order valence-corrected chi connectivity index (χ2v) is 24.1. The van der Waals surface area contributed by atoms with E-state index in [1.807, 2.05) is 107 Å². The number of hydrogen-bond donors (Lipinski definition) is 7. The Morgan fingerprint density at radius 3 is 2.08 bits per heavy atom. The number of carbonyl (C=O) groups excluding carboxylic acids is 9. The summed E-state index contributed by atoms with van der Waals surface area (Å²) in [5.41, 5.74) is 7.59. The predicted octanol–water partition coefficient (Wildman–Crippen LogP) is 5.07.